The van der Waals surface area contributed by atoms with Gasteiger partial charge in [-0.05, 0) is 11.6 Å². The number of non-ortho nitro benzene ring substituents is 1. The van der Waals surface area contributed by atoms with Crippen molar-refractivity contribution in [2.45, 2.75) is 64.6 Å². The minimum absolute atomic E-state index is 0.158. The van der Waals surface area contributed by atoms with Crippen LogP contribution < -0.4 is 0 Å². The van der Waals surface area contributed by atoms with Gasteiger partial charge < -0.3 is 23.7 Å². The Morgan fingerprint density at radius 3 is 2.00 bits per heavy atom. The Hall–Kier alpha value is -4.13. The van der Waals surface area contributed by atoms with E-state index >= 15 is 0 Å². The molecule has 0 radical (unpaired) electrons. The Bertz CT molecular complexity index is 1080. The van der Waals surface area contributed by atoms with Gasteiger partial charge in [-0.3, -0.25) is 34.1 Å². The van der Waals surface area contributed by atoms with Crippen molar-refractivity contribution >= 4 is 41.4 Å². The zero-order chi connectivity index (χ0) is 27.7. The van der Waals surface area contributed by atoms with E-state index in [4.69, 9.17) is 23.7 Å². The zero-order valence-corrected chi connectivity index (χ0v) is 20.6. The largest absolute Gasteiger partial charge is 0.463 e. The number of nitrogens with zero attached hydrogens (tertiary/aromatic N) is 1. The highest BCUT2D eigenvalue weighted by Crippen LogP contribution is 2.31. The molecule has 1 aliphatic heterocycles. The van der Waals surface area contributed by atoms with Crippen LogP contribution in [0.25, 0.3) is 6.08 Å². The molecule has 0 spiro atoms. The summed E-state index contributed by atoms with van der Waals surface area (Å²) in [5.41, 5.74) is 0.235. The first-order chi connectivity index (χ1) is 17.4. The first kappa shape index (κ1) is 29.1. The Labute approximate surface area is 211 Å². The number of carbonyl (C=O) groups excluding carboxylic acids is 5. The molecule has 0 unspecified atom stereocenters. The molecule has 0 aliphatic carbocycles. The predicted octanol–water partition coefficient (Wildman–Crippen LogP) is 1.69. The van der Waals surface area contributed by atoms with E-state index < -0.39 is 71.7 Å². The van der Waals surface area contributed by atoms with E-state index in [1.165, 1.54) is 24.3 Å². The molecule has 0 bridgehead atoms. The normalized spacial score (nSPS) is 23.1. The number of ether oxygens (including phenoxy) is 5. The van der Waals surface area contributed by atoms with Crippen LogP contribution in [0.2, 0.25) is 0 Å². The molecule has 1 heterocycles. The topological polar surface area (TPSA) is 175 Å². The van der Waals surface area contributed by atoms with Crippen LogP contribution in [0.3, 0.4) is 0 Å². The lowest BCUT2D eigenvalue weighted by Gasteiger charge is -2.44. The summed E-state index contributed by atoms with van der Waals surface area (Å²) in [7, 11) is 0. The molecule has 0 amide bonds. The van der Waals surface area contributed by atoms with E-state index in [0.29, 0.717) is 5.56 Å². The minimum atomic E-state index is -1.38. The molecule has 1 aliphatic rings. The van der Waals surface area contributed by atoms with Crippen molar-refractivity contribution in [3.05, 3.63) is 46.0 Å². The third-order valence-corrected chi connectivity index (χ3v) is 5.03. The molecule has 5 atom stereocenters. The molecule has 2 rings (SSSR count). The van der Waals surface area contributed by atoms with Crippen LogP contribution >= 0.6 is 0 Å². The summed E-state index contributed by atoms with van der Waals surface area (Å²) in [6.07, 6.45) is -4.27. The average Bonchev–Trinajstić information content (AvgIpc) is 2.79. The fourth-order valence-electron chi connectivity index (χ4n) is 3.68. The van der Waals surface area contributed by atoms with Crippen LogP contribution in [0.1, 0.15) is 39.7 Å². The number of rotatable bonds is 10. The number of ketones is 1. The summed E-state index contributed by atoms with van der Waals surface area (Å²) in [6.45, 7) is 4.02. The van der Waals surface area contributed by atoms with Gasteiger partial charge in [0.2, 0.25) is 0 Å². The first-order valence-corrected chi connectivity index (χ1v) is 11.1. The van der Waals surface area contributed by atoms with E-state index in [0.717, 1.165) is 33.8 Å². The lowest BCUT2D eigenvalue weighted by atomic mass is 9.91. The quantitative estimate of drug-likeness (QED) is 0.143. The molecule has 0 aromatic heterocycles. The molecule has 1 aromatic rings. The van der Waals surface area contributed by atoms with Gasteiger partial charge in [0.25, 0.3) is 5.69 Å². The standard InChI is InChI=1S/C24H27NO12/c1-13(26)33-12-21-23(35-15(3)28)24(36-16(4)29)22(34-14(2)27)20(37-21)11-19(30)9-8-17-6-5-7-18(10-17)25(31)32/h5-10,20-24H,11-12H2,1-4H3/b9-8+/t20-,21+,22+,23+,24+/m0/s1. The van der Waals surface area contributed by atoms with Crippen LogP contribution in [-0.4, -0.2) is 71.7 Å². The number of nitro benzene ring substituents is 1. The van der Waals surface area contributed by atoms with Crippen LogP contribution in [-0.2, 0) is 47.7 Å². The molecule has 0 N–H and O–H groups in total. The highest BCUT2D eigenvalue weighted by atomic mass is 16.7. The van der Waals surface area contributed by atoms with Gasteiger partial charge in [0.1, 0.15) is 18.8 Å². The molecule has 37 heavy (non-hydrogen) atoms. The number of nitro groups is 1. The molecule has 1 fully saturated rings. The van der Waals surface area contributed by atoms with Crippen molar-refractivity contribution in [1.82, 2.24) is 0 Å². The maximum Gasteiger partial charge on any atom is 0.303 e. The van der Waals surface area contributed by atoms with E-state index in [-0.39, 0.29) is 12.1 Å². The average molecular weight is 521 g/mol. The highest BCUT2D eigenvalue weighted by Gasteiger charge is 2.52. The monoisotopic (exact) mass is 521 g/mol. The van der Waals surface area contributed by atoms with Crippen molar-refractivity contribution in [2.75, 3.05) is 6.61 Å². The van der Waals surface area contributed by atoms with Crippen LogP contribution in [0.15, 0.2) is 30.3 Å². The van der Waals surface area contributed by atoms with Gasteiger partial charge in [-0.25, -0.2) is 0 Å². The Balaban J connectivity index is 2.36. The lowest BCUT2D eigenvalue weighted by molar-refractivity contribution is -0.384. The van der Waals surface area contributed by atoms with Crippen molar-refractivity contribution in [1.29, 1.82) is 0 Å². The van der Waals surface area contributed by atoms with Crippen molar-refractivity contribution in [2.24, 2.45) is 0 Å². The number of carbonyl (C=O) groups is 5. The second kappa shape index (κ2) is 13.3. The zero-order valence-electron chi connectivity index (χ0n) is 20.6. The lowest BCUT2D eigenvalue weighted by Crippen LogP contribution is -2.62. The Morgan fingerprint density at radius 1 is 0.892 bits per heavy atom. The van der Waals surface area contributed by atoms with Gasteiger partial charge >= 0.3 is 23.9 Å². The summed E-state index contributed by atoms with van der Waals surface area (Å²) < 4.78 is 26.8. The molecule has 13 heteroatoms. The molecule has 200 valence electrons. The molecular weight excluding hydrogens is 494 g/mol. The summed E-state index contributed by atoms with van der Waals surface area (Å²) in [5, 5.41) is 11.0. The second-order valence-electron chi connectivity index (χ2n) is 8.09. The Kier molecular flexibility index (Phi) is 10.4. The van der Waals surface area contributed by atoms with Gasteiger partial charge in [-0.1, -0.05) is 18.2 Å². The van der Waals surface area contributed by atoms with E-state index in [2.05, 4.69) is 0 Å². The summed E-state index contributed by atoms with van der Waals surface area (Å²) in [6, 6.07) is 5.60. The highest BCUT2D eigenvalue weighted by molar-refractivity contribution is 5.94. The molecule has 1 aromatic carbocycles. The predicted molar refractivity (Wildman–Crippen MR) is 124 cm³/mol. The van der Waals surface area contributed by atoms with Crippen molar-refractivity contribution in [3.63, 3.8) is 0 Å². The van der Waals surface area contributed by atoms with Crippen LogP contribution in [0.5, 0.6) is 0 Å². The van der Waals surface area contributed by atoms with E-state index in [9.17, 15) is 34.1 Å². The van der Waals surface area contributed by atoms with Crippen LogP contribution in [0.4, 0.5) is 5.69 Å². The van der Waals surface area contributed by atoms with Gasteiger partial charge in [0.05, 0.1) is 4.92 Å². The molecular formula is C24H27NO12. The second-order valence-corrected chi connectivity index (χ2v) is 8.09. The van der Waals surface area contributed by atoms with Gasteiger partial charge in [-0.15, -0.1) is 0 Å². The van der Waals surface area contributed by atoms with Crippen LogP contribution in [0, 0.1) is 10.1 Å². The van der Waals surface area contributed by atoms with E-state index in [1.54, 1.807) is 6.07 Å². The SMILES string of the molecule is CC(=O)OC[C@H]1O[C@@H](CC(=O)/C=C/c2cccc([N+](=O)[O-])c2)[C@@H](OC(C)=O)[C@@H](OC(C)=O)[C@@H]1OC(C)=O. The maximum atomic E-state index is 12.8. The smallest absolute Gasteiger partial charge is 0.303 e. The molecule has 13 nitrogen and oxygen atoms in total. The maximum absolute atomic E-state index is 12.8. The number of hydrogen-bond donors (Lipinski definition) is 0. The van der Waals surface area contributed by atoms with Gasteiger partial charge in [0.15, 0.2) is 24.1 Å². The number of esters is 4. The van der Waals surface area contributed by atoms with E-state index in [1.807, 2.05) is 0 Å². The third kappa shape index (κ3) is 9.11. The number of allylic oxidation sites excluding steroid dienone is 1. The van der Waals surface area contributed by atoms with Gasteiger partial charge in [0, 0.05) is 46.2 Å². The first-order valence-electron chi connectivity index (χ1n) is 11.1. The van der Waals surface area contributed by atoms with Crippen molar-refractivity contribution < 1.29 is 52.6 Å². The van der Waals surface area contributed by atoms with Crippen molar-refractivity contribution in [3.8, 4) is 0 Å². The fourth-order valence-corrected chi connectivity index (χ4v) is 3.68. The van der Waals surface area contributed by atoms with Gasteiger partial charge in [-0.2, -0.15) is 0 Å². The molecule has 1 saturated heterocycles. The summed E-state index contributed by atoms with van der Waals surface area (Å²) >= 11 is 0. The summed E-state index contributed by atoms with van der Waals surface area (Å²) in [5.74, 6) is -3.52. The number of hydrogen-bond acceptors (Lipinski definition) is 12. The fraction of sp³-hybridized carbons (Fsp3) is 0.458. The third-order valence-electron chi connectivity index (χ3n) is 5.03. The number of benzene rings is 1. The Morgan fingerprint density at radius 2 is 1.46 bits per heavy atom. The summed E-state index contributed by atoms with van der Waals surface area (Å²) in [4.78, 5) is 70.0. The minimum Gasteiger partial charge on any atom is -0.463 e. The molecule has 0 saturated carbocycles.